The lowest BCUT2D eigenvalue weighted by Gasteiger charge is -2.27. The normalized spacial score (nSPS) is 11.5. The number of phenols is 1. The van der Waals surface area contributed by atoms with Crippen LogP contribution in [0.3, 0.4) is 0 Å². The second kappa shape index (κ2) is 9.02. The van der Waals surface area contributed by atoms with Crippen LogP contribution in [0.1, 0.15) is 12.5 Å². The third-order valence-corrected chi connectivity index (χ3v) is 8.43. The standard InChI is InChI=1S/C16H25O5Si2/c1-13(2)16(18)20-11-19-12-22(3)21-23(4,5)10-14-8-6-7-9-15(14)17/h6-9,17H,1,10-12H2,2-5H3. The molecule has 0 spiro atoms. The van der Waals surface area contributed by atoms with Crippen LogP contribution in [0.5, 0.6) is 5.75 Å². The Hall–Kier alpha value is -1.42. The summed E-state index contributed by atoms with van der Waals surface area (Å²) in [5.41, 5.74) is 1.26. The number of hydrogen-bond donors (Lipinski definition) is 1. The first-order valence-electron chi connectivity index (χ1n) is 7.40. The van der Waals surface area contributed by atoms with Gasteiger partial charge in [0, 0.05) is 5.57 Å². The first kappa shape index (κ1) is 19.6. The van der Waals surface area contributed by atoms with Crippen LogP contribution in [-0.2, 0) is 24.4 Å². The number of carbonyl (C=O) groups excluding carboxylic acids is 1. The van der Waals surface area contributed by atoms with Crippen molar-refractivity contribution in [3.05, 3.63) is 42.0 Å². The number of carbonyl (C=O) groups is 1. The Labute approximate surface area is 140 Å². The van der Waals surface area contributed by atoms with Gasteiger partial charge < -0.3 is 18.7 Å². The van der Waals surface area contributed by atoms with E-state index in [4.69, 9.17) is 13.6 Å². The number of esters is 1. The van der Waals surface area contributed by atoms with Gasteiger partial charge in [-0.25, -0.2) is 4.79 Å². The van der Waals surface area contributed by atoms with Crippen LogP contribution in [0.15, 0.2) is 36.4 Å². The number of ether oxygens (including phenoxy) is 2. The molecule has 0 fully saturated rings. The van der Waals surface area contributed by atoms with Gasteiger partial charge in [-0.3, -0.25) is 0 Å². The summed E-state index contributed by atoms with van der Waals surface area (Å²) in [6.45, 7) is 11.3. The predicted molar refractivity (Wildman–Crippen MR) is 93.7 cm³/mol. The molecule has 23 heavy (non-hydrogen) atoms. The number of hydrogen-bond acceptors (Lipinski definition) is 5. The summed E-state index contributed by atoms with van der Waals surface area (Å²) in [6.07, 6.45) is 0.436. The van der Waals surface area contributed by atoms with Crippen LogP contribution in [0.4, 0.5) is 0 Å². The smallest absolute Gasteiger partial charge is 0.335 e. The fraction of sp³-hybridized carbons (Fsp3) is 0.438. The Kier molecular flexibility index (Phi) is 7.70. The van der Waals surface area contributed by atoms with Crippen molar-refractivity contribution in [3.8, 4) is 5.75 Å². The van der Waals surface area contributed by atoms with Crippen molar-refractivity contribution in [3.63, 3.8) is 0 Å². The van der Waals surface area contributed by atoms with E-state index in [0.29, 0.717) is 17.6 Å². The van der Waals surface area contributed by atoms with Crippen LogP contribution in [0.25, 0.3) is 0 Å². The van der Waals surface area contributed by atoms with Crippen LogP contribution in [0.2, 0.25) is 19.6 Å². The van der Waals surface area contributed by atoms with Crippen molar-refractivity contribution in [2.45, 2.75) is 32.6 Å². The van der Waals surface area contributed by atoms with Crippen molar-refractivity contribution in [1.29, 1.82) is 0 Å². The number of para-hydroxylation sites is 1. The minimum atomic E-state index is -1.96. The van der Waals surface area contributed by atoms with Gasteiger partial charge in [-0.1, -0.05) is 24.8 Å². The molecule has 0 saturated carbocycles. The predicted octanol–water partition coefficient (Wildman–Crippen LogP) is 2.95. The highest BCUT2D eigenvalue weighted by atomic mass is 28.4. The van der Waals surface area contributed by atoms with Gasteiger partial charge >= 0.3 is 5.97 Å². The zero-order valence-corrected chi connectivity index (χ0v) is 16.2. The van der Waals surface area contributed by atoms with Gasteiger partial charge in [0.2, 0.25) is 9.04 Å². The molecule has 0 aromatic heterocycles. The summed E-state index contributed by atoms with van der Waals surface area (Å²) >= 11 is 0. The van der Waals surface area contributed by atoms with Crippen LogP contribution in [-0.4, -0.2) is 41.5 Å². The van der Waals surface area contributed by atoms with Gasteiger partial charge in [0.1, 0.15) is 5.75 Å². The molecule has 0 aliphatic heterocycles. The highest BCUT2D eigenvalue weighted by Crippen LogP contribution is 2.22. The van der Waals surface area contributed by atoms with Crippen molar-refractivity contribution in [1.82, 2.24) is 0 Å². The van der Waals surface area contributed by atoms with E-state index < -0.39 is 23.3 Å². The largest absolute Gasteiger partial charge is 0.508 e. The number of phenolic OH excluding ortho intramolecular Hbond substituents is 1. The molecular weight excluding hydrogens is 328 g/mol. The van der Waals surface area contributed by atoms with E-state index in [1.165, 1.54) is 0 Å². The molecule has 1 aromatic rings. The average Bonchev–Trinajstić information content (AvgIpc) is 2.45. The fourth-order valence-electron chi connectivity index (χ4n) is 2.06. The Balaban J connectivity index is 2.37. The number of rotatable bonds is 9. The van der Waals surface area contributed by atoms with E-state index in [1.54, 1.807) is 13.0 Å². The molecule has 0 heterocycles. The average molecular weight is 354 g/mol. The minimum absolute atomic E-state index is 0.0848. The maximum atomic E-state index is 11.2. The second-order valence-corrected chi connectivity index (χ2v) is 12.4. The third kappa shape index (κ3) is 7.60. The molecule has 0 bridgehead atoms. The summed E-state index contributed by atoms with van der Waals surface area (Å²) in [4.78, 5) is 11.2. The van der Waals surface area contributed by atoms with E-state index in [0.717, 1.165) is 11.6 Å². The molecule has 5 nitrogen and oxygen atoms in total. The highest BCUT2D eigenvalue weighted by Gasteiger charge is 2.27. The lowest BCUT2D eigenvalue weighted by molar-refractivity contribution is -0.150. The lowest BCUT2D eigenvalue weighted by Crippen LogP contribution is -2.41. The molecule has 1 N–H and O–H groups in total. The van der Waals surface area contributed by atoms with Crippen LogP contribution < -0.4 is 0 Å². The summed E-state index contributed by atoms with van der Waals surface area (Å²) in [5, 5.41) is 9.87. The van der Waals surface area contributed by atoms with Gasteiger partial charge in [-0.2, -0.15) is 0 Å². The lowest BCUT2D eigenvalue weighted by atomic mass is 10.2. The van der Waals surface area contributed by atoms with E-state index in [1.807, 2.05) is 24.7 Å². The molecule has 0 aliphatic carbocycles. The molecular formula is C16H25O5Si2. The molecule has 0 aliphatic rings. The zero-order valence-electron chi connectivity index (χ0n) is 14.2. The van der Waals surface area contributed by atoms with Crippen molar-refractivity contribution >= 4 is 23.3 Å². The Morgan fingerprint density at radius 2 is 2.00 bits per heavy atom. The maximum Gasteiger partial charge on any atom is 0.335 e. The molecule has 1 aromatic carbocycles. The van der Waals surface area contributed by atoms with E-state index in [2.05, 4.69) is 19.7 Å². The minimum Gasteiger partial charge on any atom is -0.508 e. The van der Waals surface area contributed by atoms with Gasteiger partial charge in [0.15, 0.2) is 15.1 Å². The molecule has 0 saturated heterocycles. The van der Waals surface area contributed by atoms with E-state index in [9.17, 15) is 9.90 Å². The van der Waals surface area contributed by atoms with Gasteiger partial charge in [-0.05, 0) is 44.2 Å². The van der Waals surface area contributed by atoms with Gasteiger partial charge in [-0.15, -0.1) is 0 Å². The summed E-state index contributed by atoms with van der Waals surface area (Å²) in [6, 6.07) is 8.08. The van der Waals surface area contributed by atoms with E-state index >= 15 is 0 Å². The Morgan fingerprint density at radius 1 is 1.35 bits per heavy atom. The molecule has 1 radical (unpaired) electrons. The van der Waals surface area contributed by atoms with Crippen LogP contribution in [0, 0.1) is 0 Å². The molecule has 1 rings (SSSR count). The molecule has 0 atom stereocenters. The van der Waals surface area contributed by atoms with Crippen molar-refractivity contribution in [2.24, 2.45) is 0 Å². The summed E-state index contributed by atoms with van der Waals surface area (Å²) < 4.78 is 16.4. The monoisotopic (exact) mass is 353 g/mol. The fourth-order valence-corrected chi connectivity index (χ4v) is 7.94. The third-order valence-electron chi connectivity index (χ3n) is 2.99. The van der Waals surface area contributed by atoms with Crippen molar-refractivity contribution in [2.75, 3.05) is 13.0 Å². The molecule has 7 heteroatoms. The van der Waals surface area contributed by atoms with E-state index in [-0.39, 0.29) is 6.79 Å². The quantitative estimate of drug-likeness (QED) is 0.243. The second-order valence-electron chi connectivity index (χ2n) is 6.05. The van der Waals surface area contributed by atoms with Gasteiger partial charge in [0.25, 0.3) is 0 Å². The zero-order chi connectivity index (χ0) is 17.5. The topological polar surface area (TPSA) is 65.0 Å². The van der Waals surface area contributed by atoms with Gasteiger partial charge in [0.05, 0.1) is 6.23 Å². The van der Waals surface area contributed by atoms with Crippen molar-refractivity contribution < 1.29 is 23.5 Å². The summed E-state index contributed by atoms with van der Waals surface area (Å²) in [5.74, 6) is -0.144. The highest BCUT2D eigenvalue weighted by molar-refractivity contribution is 6.77. The summed E-state index contributed by atoms with van der Waals surface area (Å²) in [7, 11) is -3.11. The molecule has 0 amide bonds. The molecule has 127 valence electrons. The Morgan fingerprint density at radius 3 is 2.61 bits per heavy atom. The first-order valence-corrected chi connectivity index (χ1v) is 12.6. The first-order chi connectivity index (χ1) is 10.7. The maximum absolute atomic E-state index is 11.2. The number of benzene rings is 1. The molecule has 0 unspecified atom stereocenters. The Bertz CT molecular complexity index is 545. The SMILES string of the molecule is C=C(C)C(=O)OCOC[Si](C)O[Si](C)(C)Cc1ccccc1O. The number of aromatic hydroxyl groups is 1. The van der Waals surface area contributed by atoms with Crippen LogP contribution >= 0.6 is 0 Å².